The zero-order valence-corrected chi connectivity index (χ0v) is 12.2. The van der Waals surface area contributed by atoms with E-state index >= 15 is 0 Å². The lowest BCUT2D eigenvalue weighted by Gasteiger charge is -2.25. The minimum absolute atomic E-state index is 0.0365. The fraction of sp³-hybridized carbons (Fsp3) is 0.625. The molecular formula is C16H25F. The Labute approximate surface area is 105 Å². The Balaban J connectivity index is 3.65. The molecule has 0 unspecified atom stereocenters. The average molecular weight is 236 g/mol. The van der Waals surface area contributed by atoms with Crippen molar-refractivity contribution in [3.63, 3.8) is 0 Å². The van der Waals surface area contributed by atoms with Gasteiger partial charge in [0.1, 0.15) is 5.82 Å². The maximum absolute atomic E-state index is 14.2. The molecule has 0 atom stereocenters. The van der Waals surface area contributed by atoms with E-state index in [4.69, 9.17) is 0 Å². The van der Waals surface area contributed by atoms with Crippen molar-refractivity contribution in [1.29, 1.82) is 0 Å². The summed E-state index contributed by atoms with van der Waals surface area (Å²) in [6.07, 6.45) is 0. The van der Waals surface area contributed by atoms with Crippen molar-refractivity contribution in [3.05, 3.63) is 34.1 Å². The number of halogens is 1. The summed E-state index contributed by atoms with van der Waals surface area (Å²) in [7, 11) is 0. The van der Waals surface area contributed by atoms with Crippen molar-refractivity contribution < 1.29 is 4.39 Å². The second-order valence-electron chi connectivity index (χ2n) is 5.88. The Morgan fingerprint density at radius 2 is 1.18 bits per heavy atom. The molecule has 0 nitrogen and oxygen atoms in total. The lowest BCUT2D eigenvalue weighted by Crippen LogP contribution is -2.10. The van der Waals surface area contributed by atoms with Gasteiger partial charge >= 0.3 is 0 Å². The molecule has 0 saturated carbocycles. The van der Waals surface area contributed by atoms with Gasteiger partial charge in [0.2, 0.25) is 0 Å². The highest BCUT2D eigenvalue weighted by Gasteiger charge is 2.22. The first-order valence-corrected chi connectivity index (χ1v) is 6.60. The smallest absolute Gasteiger partial charge is 0.127 e. The summed E-state index contributed by atoms with van der Waals surface area (Å²) in [6, 6.07) is 1.70. The first kappa shape index (κ1) is 14.2. The van der Waals surface area contributed by atoms with E-state index in [1.807, 2.05) is 6.92 Å². The predicted octanol–water partition coefficient (Wildman–Crippen LogP) is 5.50. The zero-order chi connectivity index (χ0) is 13.3. The van der Waals surface area contributed by atoms with Crippen molar-refractivity contribution in [3.8, 4) is 0 Å². The van der Waals surface area contributed by atoms with Gasteiger partial charge in [-0.25, -0.2) is 4.39 Å². The molecule has 0 fully saturated rings. The molecule has 0 aliphatic rings. The maximum atomic E-state index is 14.2. The SMILES string of the molecule is Cc1cc(F)c(C(C)C)c(C(C)C)c1C(C)C. The van der Waals surface area contributed by atoms with Crippen LogP contribution in [0.2, 0.25) is 0 Å². The summed E-state index contributed by atoms with van der Waals surface area (Å²) >= 11 is 0. The van der Waals surface area contributed by atoms with Gasteiger partial charge in [-0.3, -0.25) is 0 Å². The Kier molecular flexibility index (Phi) is 4.35. The minimum Gasteiger partial charge on any atom is -0.207 e. The maximum Gasteiger partial charge on any atom is 0.127 e. The fourth-order valence-corrected chi connectivity index (χ4v) is 2.81. The van der Waals surface area contributed by atoms with Crippen LogP contribution in [-0.2, 0) is 0 Å². The van der Waals surface area contributed by atoms with E-state index in [0.717, 1.165) is 11.1 Å². The molecule has 17 heavy (non-hydrogen) atoms. The van der Waals surface area contributed by atoms with Crippen LogP contribution in [0.4, 0.5) is 4.39 Å². The molecular weight excluding hydrogens is 211 g/mol. The lowest BCUT2D eigenvalue weighted by molar-refractivity contribution is 0.583. The van der Waals surface area contributed by atoms with Gasteiger partial charge in [-0.05, 0) is 53.0 Å². The fourth-order valence-electron chi connectivity index (χ4n) is 2.81. The summed E-state index contributed by atoms with van der Waals surface area (Å²) in [5.41, 5.74) is 4.57. The van der Waals surface area contributed by atoms with Gasteiger partial charge in [-0.1, -0.05) is 41.5 Å². The second kappa shape index (κ2) is 5.20. The molecule has 0 amide bonds. The van der Waals surface area contributed by atoms with E-state index in [9.17, 15) is 4.39 Å². The molecule has 0 N–H and O–H groups in total. The first-order chi connectivity index (χ1) is 7.77. The third-order valence-corrected chi connectivity index (χ3v) is 3.34. The number of hydrogen-bond acceptors (Lipinski definition) is 0. The van der Waals surface area contributed by atoms with Crippen molar-refractivity contribution in [2.45, 2.75) is 66.2 Å². The monoisotopic (exact) mass is 236 g/mol. The van der Waals surface area contributed by atoms with Gasteiger partial charge in [-0.15, -0.1) is 0 Å². The van der Waals surface area contributed by atoms with Gasteiger partial charge < -0.3 is 0 Å². The molecule has 0 radical (unpaired) electrons. The third kappa shape index (κ3) is 2.70. The van der Waals surface area contributed by atoms with Crippen LogP contribution in [0.1, 0.15) is 81.5 Å². The van der Waals surface area contributed by atoms with E-state index in [1.165, 1.54) is 11.1 Å². The lowest BCUT2D eigenvalue weighted by atomic mass is 9.81. The van der Waals surface area contributed by atoms with E-state index in [0.29, 0.717) is 11.8 Å². The largest absolute Gasteiger partial charge is 0.207 e. The van der Waals surface area contributed by atoms with Gasteiger partial charge in [0.05, 0.1) is 0 Å². The van der Waals surface area contributed by atoms with Crippen LogP contribution in [0.15, 0.2) is 6.07 Å². The first-order valence-electron chi connectivity index (χ1n) is 6.60. The highest BCUT2D eigenvalue weighted by atomic mass is 19.1. The second-order valence-corrected chi connectivity index (χ2v) is 5.88. The molecule has 1 rings (SSSR count). The van der Waals surface area contributed by atoms with Crippen LogP contribution in [0.5, 0.6) is 0 Å². The average Bonchev–Trinajstić information content (AvgIpc) is 2.14. The third-order valence-electron chi connectivity index (χ3n) is 3.34. The molecule has 96 valence electrons. The van der Waals surface area contributed by atoms with E-state index in [1.54, 1.807) is 6.07 Å². The van der Waals surface area contributed by atoms with Crippen LogP contribution in [0.3, 0.4) is 0 Å². The molecule has 0 heterocycles. The van der Waals surface area contributed by atoms with Gasteiger partial charge in [0.15, 0.2) is 0 Å². The molecule has 0 aromatic heterocycles. The van der Waals surface area contributed by atoms with Crippen LogP contribution in [-0.4, -0.2) is 0 Å². The highest BCUT2D eigenvalue weighted by molar-refractivity contribution is 5.46. The Morgan fingerprint density at radius 1 is 0.765 bits per heavy atom. The molecule has 1 aromatic rings. The quantitative estimate of drug-likeness (QED) is 0.649. The topological polar surface area (TPSA) is 0 Å². The summed E-state index contributed by atoms with van der Waals surface area (Å²) in [5.74, 6) is 1.03. The number of aryl methyl sites for hydroxylation is 1. The Morgan fingerprint density at radius 3 is 1.53 bits per heavy atom. The summed E-state index contributed by atoms with van der Waals surface area (Å²) in [5, 5.41) is 0. The van der Waals surface area contributed by atoms with Crippen molar-refractivity contribution in [2.24, 2.45) is 0 Å². The number of benzene rings is 1. The summed E-state index contributed by atoms with van der Waals surface area (Å²) in [6.45, 7) is 14.9. The van der Waals surface area contributed by atoms with Gasteiger partial charge in [-0.2, -0.15) is 0 Å². The Bertz CT molecular complexity index is 368. The van der Waals surface area contributed by atoms with Crippen LogP contribution >= 0.6 is 0 Å². The normalized spacial score (nSPS) is 11.9. The number of rotatable bonds is 3. The minimum atomic E-state index is -0.0365. The molecule has 0 bridgehead atoms. The number of hydrogen-bond donors (Lipinski definition) is 0. The molecule has 1 heteroatoms. The van der Waals surface area contributed by atoms with Crippen LogP contribution in [0, 0.1) is 12.7 Å². The van der Waals surface area contributed by atoms with E-state index in [2.05, 4.69) is 41.5 Å². The molecule has 0 spiro atoms. The van der Waals surface area contributed by atoms with Crippen molar-refractivity contribution in [2.75, 3.05) is 0 Å². The van der Waals surface area contributed by atoms with E-state index < -0.39 is 0 Å². The summed E-state index contributed by atoms with van der Waals surface area (Å²) in [4.78, 5) is 0. The zero-order valence-electron chi connectivity index (χ0n) is 12.2. The van der Waals surface area contributed by atoms with E-state index in [-0.39, 0.29) is 11.7 Å². The standard InChI is InChI=1S/C16H25F/c1-9(2)14-12(7)8-13(17)15(10(3)4)16(14)11(5)6/h8-11H,1-7H3. The molecule has 0 aliphatic heterocycles. The summed E-state index contributed by atoms with van der Waals surface area (Å²) < 4.78 is 14.2. The van der Waals surface area contributed by atoms with Crippen molar-refractivity contribution in [1.82, 2.24) is 0 Å². The van der Waals surface area contributed by atoms with Gasteiger partial charge in [0.25, 0.3) is 0 Å². The molecule has 1 aromatic carbocycles. The predicted molar refractivity (Wildman–Crippen MR) is 73.4 cm³/mol. The van der Waals surface area contributed by atoms with Gasteiger partial charge in [0, 0.05) is 0 Å². The van der Waals surface area contributed by atoms with Crippen molar-refractivity contribution >= 4 is 0 Å². The molecule has 0 saturated heterocycles. The Hall–Kier alpha value is -0.850. The van der Waals surface area contributed by atoms with Crippen LogP contribution in [0.25, 0.3) is 0 Å². The highest BCUT2D eigenvalue weighted by Crippen LogP contribution is 2.36. The molecule has 0 aliphatic carbocycles. The van der Waals surface area contributed by atoms with Crippen LogP contribution < -0.4 is 0 Å².